The Labute approximate surface area is 116 Å². The zero-order valence-corrected chi connectivity index (χ0v) is 11.9. The van der Waals surface area contributed by atoms with Gasteiger partial charge in [0.2, 0.25) is 0 Å². The molecule has 0 spiro atoms. The molecular formula is C14H17FN2OS. The van der Waals surface area contributed by atoms with Gasteiger partial charge < -0.3 is 14.3 Å². The third kappa shape index (κ3) is 2.11. The number of fused-ring (bicyclic) bond motifs is 1. The average Bonchev–Trinajstić information content (AvgIpc) is 2.97. The van der Waals surface area contributed by atoms with Crippen LogP contribution in [0.2, 0.25) is 0 Å². The lowest BCUT2D eigenvalue weighted by molar-refractivity contribution is 0.175. The van der Waals surface area contributed by atoms with Crippen molar-refractivity contribution in [2.24, 2.45) is 5.92 Å². The summed E-state index contributed by atoms with van der Waals surface area (Å²) in [7, 11) is 0. The Hall–Kier alpha value is -1.20. The van der Waals surface area contributed by atoms with Crippen LogP contribution in [0.1, 0.15) is 24.9 Å². The summed E-state index contributed by atoms with van der Waals surface area (Å²) >= 11 is 5.40. The molecule has 1 aliphatic rings. The molecule has 2 unspecified atom stereocenters. The molecule has 1 saturated heterocycles. The van der Waals surface area contributed by atoms with E-state index in [9.17, 15) is 4.39 Å². The van der Waals surface area contributed by atoms with E-state index in [1.165, 1.54) is 6.07 Å². The lowest BCUT2D eigenvalue weighted by Gasteiger charge is -2.20. The Morgan fingerprint density at radius 3 is 3.00 bits per heavy atom. The zero-order chi connectivity index (χ0) is 13.6. The summed E-state index contributed by atoms with van der Waals surface area (Å²) < 4.78 is 21.8. The number of nitrogens with zero attached hydrogens (tertiary/aromatic N) is 1. The van der Waals surface area contributed by atoms with E-state index in [0.717, 1.165) is 30.7 Å². The molecule has 2 aromatic rings. The monoisotopic (exact) mass is 280 g/mol. The number of aryl methyl sites for hydroxylation is 1. The van der Waals surface area contributed by atoms with Crippen molar-refractivity contribution >= 4 is 23.3 Å². The number of hydrogen-bond donors (Lipinski definition) is 1. The summed E-state index contributed by atoms with van der Waals surface area (Å²) in [5.74, 6) is 0.267. The number of benzene rings is 1. The first-order valence-corrected chi connectivity index (χ1v) is 6.97. The van der Waals surface area contributed by atoms with Gasteiger partial charge in [0.25, 0.3) is 0 Å². The van der Waals surface area contributed by atoms with Crippen molar-refractivity contribution in [1.29, 1.82) is 0 Å². The number of rotatable bonds is 2. The van der Waals surface area contributed by atoms with Crippen molar-refractivity contribution in [2.75, 3.05) is 13.2 Å². The van der Waals surface area contributed by atoms with Crippen molar-refractivity contribution in [2.45, 2.75) is 26.3 Å². The molecule has 0 radical (unpaired) electrons. The number of halogens is 1. The van der Waals surface area contributed by atoms with E-state index in [4.69, 9.17) is 17.0 Å². The molecule has 0 amide bonds. The molecule has 1 N–H and O–H groups in total. The maximum absolute atomic E-state index is 13.6. The molecule has 2 atom stereocenters. The zero-order valence-electron chi connectivity index (χ0n) is 11.1. The molecule has 1 fully saturated rings. The molecule has 1 aromatic heterocycles. The van der Waals surface area contributed by atoms with E-state index < -0.39 is 0 Å². The van der Waals surface area contributed by atoms with Crippen LogP contribution < -0.4 is 0 Å². The third-order valence-electron chi connectivity index (χ3n) is 4.05. The van der Waals surface area contributed by atoms with Gasteiger partial charge in [-0.15, -0.1) is 0 Å². The molecule has 3 nitrogen and oxygen atoms in total. The number of aromatic nitrogens is 2. The van der Waals surface area contributed by atoms with E-state index in [1.54, 1.807) is 6.92 Å². The van der Waals surface area contributed by atoms with Crippen molar-refractivity contribution in [3.63, 3.8) is 0 Å². The summed E-state index contributed by atoms with van der Waals surface area (Å²) in [6.45, 7) is 5.52. The average molecular weight is 280 g/mol. The minimum Gasteiger partial charge on any atom is -0.381 e. The van der Waals surface area contributed by atoms with Gasteiger partial charge in [-0.1, -0.05) is 0 Å². The number of imidazole rings is 1. The minimum absolute atomic E-state index is 0.201. The quantitative estimate of drug-likeness (QED) is 0.849. The van der Waals surface area contributed by atoms with Crippen LogP contribution in [-0.2, 0) is 4.74 Å². The SMILES string of the molecule is Cc1cc2c(cc1F)[nH]c(=S)n2C(C)C1CCOC1. The van der Waals surface area contributed by atoms with Gasteiger partial charge in [0, 0.05) is 18.6 Å². The summed E-state index contributed by atoms with van der Waals surface area (Å²) in [4.78, 5) is 3.10. The van der Waals surface area contributed by atoms with Crippen molar-refractivity contribution in [1.82, 2.24) is 9.55 Å². The maximum atomic E-state index is 13.6. The Morgan fingerprint density at radius 2 is 2.32 bits per heavy atom. The van der Waals surface area contributed by atoms with Crippen molar-refractivity contribution in [3.05, 3.63) is 28.3 Å². The fourth-order valence-corrected chi connectivity index (χ4v) is 3.17. The van der Waals surface area contributed by atoms with Crippen LogP contribution in [0.4, 0.5) is 4.39 Å². The number of aromatic amines is 1. The first kappa shape index (κ1) is 12.8. The van der Waals surface area contributed by atoms with E-state index in [0.29, 0.717) is 16.3 Å². The highest BCUT2D eigenvalue weighted by atomic mass is 32.1. The van der Waals surface area contributed by atoms with Gasteiger partial charge in [0.15, 0.2) is 4.77 Å². The van der Waals surface area contributed by atoms with Gasteiger partial charge >= 0.3 is 0 Å². The largest absolute Gasteiger partial charge is 0.381 e. The maximum Gasteiger partial charge on any atom is 0.178 e. The first-order chi connectivity index (χ1) is 9.08. The highest BCUT2D eigenvalue weighted by molar-refractivity contribution is 7.71. The lowest BCUT2D eigenvalue weighted by atomic mass is 10.0. The van der Waals surface area contributed by atoms with Gasteiger partial charge in [-0.25, -0.2) is 4.39 Å². The second kappa shape index (κ2) is 4.72. The van der Waals surface area contributed by atoms with E-state index in [2.05, 4.69) is 16.5 Å². The molecule has 19 heavy (non-hydrogen) atoms. The molecule has 1 aliphatic heterocycles. The topological polar surface area (TPSA) is 29.9 Å². The molecule has 5 heteroatoms. The summed E-state index contributed by atoms with van der Waals surface area (Å²) in [5, 5.41) is 0. The molecule has 0 bridgehead atoms. The molecule has 0 saturated carbocycles. The molecule has 2 heterocycles. The lowest BCUT2D eigenvalue weighted by Crippen LogP contribution is -2.16. The van der Waals surface area contributed by atoms with Gasteiger partial charge in [-0.05, 0) is 50.2 Å². The number of ether oxygens (including phenoxy) is 1. The van der Waals surface area contributed by atoms with E-state index in [1.807, 2.05) is 6.07 Å². The molecule has 3 rings (SSSR count). The smallest absolute Gasteiger partial charge is 0.178 e. The van der Waals surface area contributed by atoms with Gasteiger partial charge in [0.1, 0.15) is 5.82 Å². The second-order valence-electron chi connectivity index (χ2n) is 5.28. The normalized spacial score (nSPS) is 21.1. The summed E-state index contributed by atoms with van der Waals surface area (Å²) in [6, 6.07) is 3.64. The molecule has 1 aromatic carbocycles. The molecule has 0 aliphatic carbocycles. The van der Waals surface area contributed by atoms with E-state index >= 15 is 0 Å². The van der Waals surface area contributed by atoms with Crippen LogP contribution in [-0.4, -0.2) is 22.8 Å². The van der Waals surface area contributed by atoms with Gasteiger partial charge in [-0.2, -0.15) is 0 Å². The van der Waals surface area contributed by atoms with Crippen LogP contribution in [0.3, 0.4) is 0 Å². The van der Waals surface area contributed by atoms with Crippen LogP contribution in [0, 0.1) is 23.4 Å². The summed E-state index contributed by atoms with van der Waals surface area (Å²) in [5.41, 5.74) is 2.38. The van der Waals surface area contributed by atoms with Crippen molar-refractivity contribution < 1.29 is 9.13 Å². The minimum atomic E-state index is -0.201. The Kier molecular flexibility index (Phi) is 3.19. The standard InChI is InChI=1S/C14H17FN2OS/c1-8-5-13-12(6-11(8)15)16-14(19)17(13)9(2)10-3-4-18-7-10/h5-6,9-10H,3-4,7H2,1-2H3,(H,16,19). The summed E-state index contributed by atoms with van der Waals surface area (Å²) in [6.07, 6.45) is 1.05. The Bertz CT molecular complexity index is 670. The predicted molar refractivity (Wildman–Crippen MR) is 75.5 cm³/mol. The second-order valence-corrected chi connectivity index (χ2v) is 5.67. The van der Waals surface area contributed by atoms with Crippen molar-refractivity contribution in [3.8, 4) is 0 Å². The first-order valence-electron chi connectivity index (χ1n) is 6.56. The fraction of sp³-hybridized carbons (Fsp3) is 0.500. The Balaban J connectivity index is 2.14. The highest BCUT2D eigenvalue weighted by Gasteiger charge is 2.25. The molecule has 102 valence electrons. The van der Waals surface area contributed by atoms with E-state index in [-0.39, 0.29) is 11.9 Å². The van der Waals surface area contributed by atoms with Gasteiger partial charge in [0.05, 0.1) is 17.6 Å². The third-order valence-corrected chi connectivity index (χ3v) is 4.35. The van der Waals surface area contributed by atoms with Crippen LogP contribution in [0.25, 0.3) is 11.0 Å². The van der Waals surface area contributed by atoms with Crippen LogP contribution in [0.15, 0.2) is 12.1 Å². The van der Waals surface area contributed by atoms with Gasteiger partial charge in [-0.3, -0.25) is 0 Å². The predicted octanol–water partition coefficient (Wildman–Crippen LogP) is 3.74. The fourth-order valence-electron chi connectivity index (χ4n) is 2.80. The number of nitrogens with one attached hydrogen (secondary N) is 1. The Morgan fingerprint density at radius 1 is 1.53 bits per heavy atom. The number of hydrogen-bond acceptors (Lipinski definition) is 2. The highest BCUT2D eigenvalue weighted by Crippen LogP contribution is 2.30. The molecular weight excluding hydrogens is 263 g/mol. The number of H-pyrrole nitrogens is 1. The van der Waals surface area contributed by atoms with Crippen LogP contribution >= 0.6 is 12.2 Å². The van der Waals surface area contributed by atoms with Crippen LogP contribution in [0.5, 0.6) is 0 Å².